The molecule has 8 rings (SSSR count). The quantitative estimate of drug-likeness (QED) is 0.0436. The number of para-hydroxylation sites is 2. The number of anilines is 3. The van der Waals surface area contributed by atoms with Crippen LogP contribution in [0.25, 0.3) is 48.4 Å². The van der Waals surface area contributed by atoms with Gasteiger partial charge in [-0.25, -0.2) is 9.42 Å². The van der Waals surface area contributed by atoms with Gasteiger partial charge in [0.2, 0.25) is 0 Å². The number of carboxylic acids is 1. The summed E-state index contributed by atoms with van der Waals surface area (Å²) in [6.07, 6.45) is 18.3. The van der Waals surface area contributed by atoms with E-state index in [9.17, 15) is 15.2 Å². The maximum absolute atomic E-state index is 11.9. The van der Waals surface area contributed by atoms with Crippen LogP contribution in [0.4, 0.5) is 17.1 Å². The molecule has 3 aromatic heterocycles. The van der Waals surface area contributed by atoms with E-state index in [2.05, 4.69) is 126 Å². The number of carbonyl (C=O) groups is 1. The molecule has 3 heterocycles. The number of carboxylic acid groups (broad SMARTS) is 1. The Morgan fingerprint density at radius 2 is 1.19 bits per heavy atom. The van der Waals surface area contributed by atoms with Gasteiger partial charge in [0.25, 0.3) is 0 Å². The molecule has 0 bridgehead atoms. The predicted molar refractivity (Wildman–Crippen MR) is 257 cm³/mol. The second-order valence-corrected chi connectivity index (χ2v) is 18.6. The van der Waals surface area contributed by atoms with Gasteiger partial charge in [-0.2, -0.15) is 5.26 Å². The predicted octanol–water partition coefficient (Wildman–Crippen LogP) is 15.9. The van der Waals surface area contributed by atoms with Gasteiger partial charge in [-0.05, 0) is 94.5 Å². The van der Waals surface area contributed by atoms with Gasteiger partial charge in [0, 0.05) is 53.1 Å². The Kier molecular flexibility index (Phi) is 13.8. The van der Waals surface area contributed by atoms with Crippen LogP contribution in [0, 0.1) is 11.3 Å². The summed E-state index contributed by atoms with van der Waals surface area (Å²) in [6.45, 7) is 4.52. The van der Waals surface area contributed by atoms with Crippen LogP contribution >= 0.6 is 22.7 Å². The van der Waals surface area contributed by atoms with Crippen LogP contribution < -0.4 is 4.90 Å². The van der Waals surface area contributed by atoms with Crippen molar-refractivity contribution in [3.8, 4) is 37.4 Å². The number of aromatic nitrogens is 2. The molecule has 0 spiro atoms. The van der Waals surface area contributed by atoms with Gasteiger partial charge in [-0.1, -0.05) is 152 Å². The molecule has 0 saturated carbocycles. The summed E-state index contributed by atoms with van der Waals surface area (Å²) in [6, 6.07) is 40.2. The maximum Gasteiger partial charge on any atom is 0.346 e. The number of hydrogen-bond donors (Lipinski definition) is 1. The fourth-order valence-corrected chi connectivity index (χ4v) is 11.9. The zero-order valence-electron chi connectivity index (χ0n) is 35.7. The second kappa shape index (κ2) is 19.9. The van der Waals surface area contributed by atoms with Crippen molar-refractivity contribution in [2.75, 3.05) is 4.90 Å². The highest BCUT2D eigenvalue weighted by Gasteiger charge is 2.45. The Morgan fingerprint density at radius 3 is 1.77 bits per heavy atom. The average Bonchev–Trinajstić information content (AvgIpc) is 4.10. The number of rotatable bonds is 21. The van der Waals surface area contributed by atoms with Crippen LogP contribution in [0.3, 0.4) is 0 Å². The van der Waals surface area contributed by atoms with Crippen LogP contribution in [-0.4, -0.2) is 21.4 Å². The third kappa shape index (κ3) is 8.90. The van der Waals surface area contributed by atoms with Crippen LogP contribution in [-0.2, 0) is 10.2 Å². The molecule has 0 amide bonds. The van der Waals surface area contributed by atoms with Gasteiger partial charge in [-0.3, -0.25) is 0 Å². The first-order chi connectivity index (χ1) is 30.5. The van der Waals surface area contributed by atoms with E-state index < -0.39 is 5.97 Å². The average molecular weight is 859 g/mol. The first-order valence-electron chi connectivity index (χ1n) is 22.4. The lowest BCUT2D eigenvalue weighted by Gasteiger charge is -2.31. The van der Waals surface area contributed by atoms with E-state index in [1.54, 1.807) is 28.7 Å². The number of fused-ring (bicyclic) bond motifs is 4. The highest BCUT2D eigenvalue weighted by Crippen LogP contribution is 2.61. The normalized spacial score (nSPS) is 13.0. The summed E-state index contributed by atoms with van der Waals surface area (Å²) in [5, 5.41) is 28.4. The molecule has 1 aliphatic carbocycles. The van der Waals surface area contributed by atoms with E-state index in [0.717, 1.165) is 80.2 Å². The summed E-state index contributed by atoms with van der Waals surface area (Å²) in [5.41, 5.74) is 9.88. The van der Waals surface area contributed by atoms with Crippen molar-refractivity contribution in [2.45, 2.75) is 109 Å². The Balaban J connectivity index is 1.16. The summed E-state index contributed by atoms with van der Waals surface area (Å²) < 4.78 is 5.52. The van der Waals surface area contributed by atoms with Crippen molar-refractivity contribution in [3.63, 3.8) is 0 Å². The lowest BCUT2D eigenvalue weighted by atomic mass is 9.71. The first-order valence-corrected chi connectivity index (χ1v) is 24.0. The minimum Gasteiger partial charge on any atom is -0.477 e. The number of nitrogens with zero attached hydrogens (tertiary/aromatic N) is 4. The maximum atomic E-state index is 11.9. The first kappa shape index (κ1) is 42.9. The van der Waals surface area contributed by atoms with Gasteiger partial charge < -0.3 is 10.0 Å². The van der Waals surface area contributed by atoms with Crippen molar-refractivity contribution in [3.05, 3.63) is 131 Å². The summed E-state index contributed by atoms with van der Waals surface area (Å²) in [4.78, 5) is 18.6. The molecular weight excluding hydrogens is 805 g/mol. The molecule has 1 aliphatic rings. The Hall–Kier alpha value is -5.82. The number of unbranched alkanes of at least 4 members (excludes halogenated alkanes) is 10. The van der Waals surface area contributed by atoms with E-state index in [-0.39, 0.29) is 11.0 Å². The van der Waals surface area contributed by atoms with Gasteiger partial charge in [0.15, 0.2) is 0 Å². The van der Waals surface area contributed by atoms with Crippen molar-refractivity contribution >= 4 is 62.8 Å². The summed E-state index contributed by atoms with van der Waals surface area (Å²) >= 11 is 3.39. The Bertz CT molecular complexity index is 2610. The molecule has 1 N–H and O–H groups in total. The van der Waals surface area contributed by atoms with Gasteiger partial charge >= 0.3 is 5.97 Å². The second-order valence-electron chi connectivity index (χ2n) is 16.5. The number of thiophene rings is 2. The SMILES string of the molecule is CCCCCCCCC1(CCCCCCCC)c2cc(/C=C(/C#N)C(=O)O)sc2-c2sc(-c3ccc(-c4ccc(N(c5ccccc5)c5ccccc5)cc4)c4nonc34)cc21. The lowest BCUT2D eigenvalue weighted by molar-refractivity contribution is -0.132. The minimum absolute atomic E-state index is 0.191. The highest BCUT2D eigenvalue weighted by molar-refractivity contribution is 7.24. The monoisotopic (exact) mass is 858 g/mol. The molecule has 316 valence electrons. The Morgan fingerprint density at radius 1 is 0.677 bits per heavy atom. The molecule has 4 aromatic carbocycles. The summed E-state index contributed by atoms with van der Waals surface area (Å²) in [7, 11) is 0. The van der Waals surface area contributed by atoms with Crippen molar-refractivity contribution in [1.29, 1.82) is 5.26 Å². The molecule has 0 radical (unpaired) electrons. The summed E-state index contributed by atoms with van der Waals surface area (Å²) in [5.74, 6) is -1.20. The molecule has 0 unspecified atom stereocenters. The van der Waals surface area contributed by atoms with Crippen molar-refractivity contribution < 1.29 is 14.5 Å². The van der Waals surface area contributed by atoms with E-state index >= 15 is 0 Å². The zero-order chi connectivity index (χ0) is 42.9. The highest BCUT2D eigenvalue weighted by atomic mass is 32.1. The molecule has 0 aliphatic heterocycles. The molecule has 62 heavy (non-hydrogen) atoms. The van der Waals surface area contributed by atoms with E-state index in [1.807, 2.05) is 18.2 Å². The third-order valence-electron chi connectivity index (χ3n) is 12.4. The molecular formula is C53H54N4O3S2. The van der Waals surface area contributed by atoms with Crippen LogP contribution in [0.15, 0.2) is 119 Å². The van der Waals surface area contributed by atoms with Crippen LogP contribution in [0.2, 0.25) is 0 Å². The lowest BCUT2D eigenvalue weighted by Crippen LogP contribution is -2.25. The van der Waals surface area contributed by atoms with E-state index in [1.165, 1.54) is 85.1 Å². The Labute approximate surface area is 373 Å². The molecule has 7 nitrogen and oxygen atoms in total. The zero-order valence-corrected chi connectivity index (χ0v) is 37.4. The van der Waals surface area contributed by atoms with Crippen molar-refractivity contribution in [2.24, 2.45) is 0 Å². The van der Waals surface area contributed by atoms with E-state index in [0.29, 0.717) is 0 Å². The fourth-order valence-electron chi connectivity index (χ4n) is 9.25. The number of benzene rings is 4. The third-order valence-corrected chi connectivity index (χ3v) is 14.8. The minimum atomic E-state index is -1.20. The van der Waals surface area contributed by atoms with Crippen molar-refractivity contribution in [1.82, 2.24) is 10.3 Å². The molecule has 7 aromatic rings. The smallest absolute Gasteiger partial charge is 0.346 e. The van der Waals surface area contributed by atoms with Gasteiger partial charge in [0.1, 0.15) is 22.7 Å². The number of hydrogen-bond acceptors (Lipinski definition) is 8. The number of aliphatic carboxylic acids is 1. The largest absolute Gasteiger partial charge is 0.477 e. The number of nitriles is 1. The molecule has 0 saturated heterocycles. The van der Waals surface area contributed by atoms with E-state index in [4.69, 9.17) is 4.63 Å². The molecule has 0 atom stereocenters. The van der Waals surface area contributed by atoms with Crippen LogP contribution in [0.1, 0.15) is 120 Å². The molecule has 0 fully saturated rings. The van der Waals surface area contributed by atoms with Gasteiger partial charge in [-0.15, -0.1) is 22.7 Å². The standard InChI is InChI=1S/C53H54N4O3S2/c1-3-5-7-9-11-19-31-53(32-20-12-10-8-6-4-2)45-34-42(33-38(36-54)52(58)59)61-50(45)51-46(53)35-47(62-51)44-30-29-43(48-49(44)56-60-55-48)37-25-27-41(28-26-37)57(39-21-15-13-16-22-39)40-23-17-14-18-24-40/h13-18,21-30,33-35H,3-12,19-20,31-32H2,1-2H3,(H,58,59)/b38-33-. The fraction of sp³-hybridized carbons (Fsp3) is 0.321. The molecule has 9 heteroatoms. The van der Waals surface area contributed by atoms with Crippen LogP contribution in [0.5, 0.6) is 0 Å². The van der Waals surface area contributed by atoms with Gasteiger partial charge in [0.05, 0.1) is 0 Å². The topological polar surface area (TPSA) is 103 Å².